The monoisotopic (exact) mass is 561 g/mol. The van der Waals surface area contributed by atoms with Crippen LogP contribution in [0.25, 0.3) is 11.5 Å². The van der Waals surface area contributed by atoms with Crippen molar-refractivity contribution in [3.63, 3.8) is 0 Å². The second-order valence-corrected chi connectivity index (χ2v) is 9.71. The molecule has 1 saturated heterocycles. The lowest BCUT2D eigenvalue weighted by Gasteiger charge is -2.30. The smallest absolute Gasteiger partial charge is 0.414 e. The lowest BCUT2D eigenvalue weighted by molar-refractivity contribution is -0.140. The molecule has 0 saturated carbocycles. The Kier molecular flexibility index (Phi) is 9.00. The van der Waals surface area contributed by atoms with E-state index < -0.39 is 29.8 Å². The first-order chi connectivity index (χ1) is 18.6. The van der Waals surface area contributed by atoms with Gasteiger partial charge in [-0.3, -0.25) is 5.32 Å². The molecule has 3 aromatic rings. The molecule has 0 bridgehead atoms. The highest BCUT2D eigenvalue weighted by molar-refractivity contribution is 6.31. The summed E-state index contributed by atoms with van der Waals surface area (Å²) in [4.78, 5) is 31.0. The molecule has 11 nitrogen and oxygen atoms in total. The van der Waals surface area contributed by atoms with Gasteiger partial charge in [-0.15, -0.1) is 0 Å². The Morgan fingerprint density at radius 1 is 1.23 bits per heavy atom. The summed E-state index contributed by atoms with van der Waals surface area (Å²) in [6.45, 7) is 3.74. The van der Waals surface area contributed by atoms with Crippen molar-refractivity contribution >= 4 is 29.7 Å². The van der Waals surface area contributed by atoms with Crippen LogP contribution >= 0.6 is 11.6 Å². The number of hydrogen-bond donors (Lipinski definition) is 2. The van der Waals surface area contributed by atoms with Gasteiger partial charge in [-0.25, -0.2) is 14.0 Å². The number of ether oxygens (including phenoxy) is 3. The molecule has 2 aromatic carbocycles. The van der Waals surface area contributed by atoms with E-state index in [0.717, 1.165) is 0 Å². The van der Waals surface area contributed by atoms with Crippen LogP contribution in [-0.4, -0.2) is 65.4 Å². The van der Waals surface area contributed by atoms with Gasteiger partial charge in [0.15, 0.2) is 5.79 Å². The van der Waals surface area contributed by atoms with Crippen LogP contribution in [-0.2, 0) is 20.8 Å². The summed E-state index contributed by atoms with van der Waals surface area (Å²) in [5.74, 6) is -1.17. The zero-order chi connectivity index (χ0) is 28.0. The quantitative estimate of drug-likeness (QED) is 0.380. The Bertz CT molecular complexity index is 1290. The van der Waals surface area contributed by atoms with Crippen LogP contribution in [0.3, 0.4) is 0 Å². The molecular formula is C26H29ClFN5O6. The first-order valence-corrected chi connectivity index (χ1v) is 12.6. The molecule has 0 radical (unpaired) electrons. The number of anilines is 1. The van der Waals surface area contributed by atoms with Crippen molar-refractivity contribution in [1.82, 2.24) is 20.4 Å². The Hall–Kier alpha value is -3.74. The number of nitrogens with zero attached hydrogens (tertiary/aromatic N) is 3. The van der Waals surface area contributed by atoms with Gasteiger partial charge in [0.2, 0.25) is 0 Å². The number of halogens is 2. The summed E-state index contributed by atoms with van der Waals surface area (Å²) in [5.41, 5.74) is 1.12. The van der Waals surface area contributed by atoms with Gasteiger partial charge in [-0.1, -0.05) is 41.9 Å². The van der Waals surface area contributed by atoms with Crippen molar-refractivity contribution in [2.24, 2.45) is 0 Å². The average molecular weight is 562 g/mol. The van der Waals surface area contributed by atoms with Gasteiger partial charge in [0, 0.05) is 19.2 Å². The Labute approximate surface area is 229 Å². The number of amides is 3. The molecule has 39 heavy (non-hydrogen) atoms. The molecule has 4 rings (SSSR count). The molecule has 2 N–H and O–H groups in total. The number of hydrogen-bond acceptors (Lipinski definition) is 8. The highest BCUT2D eigenvalue weighted by Crippen LogP contribution is 2.26. The molecule has 1 aliphatic rings. The standard InChI is InChI=1S/C26H29ClFN5O6/c1-26(2)37-15-19(38-26)12-18(33(3)24(34)29-13-17-10-7-11-20(28)21(17)27)14-36-25(35)31-23-30-22(39-32-23)16-8-5-4-6-9-16/h4-11,18-19H,12-15H2,1-3H3,(H,29,34)(H,31,32,35)/t18-,19+/m0/s1. The fourth-order valence-electron chi connectivity index (χ4n) is 3.94. The van der Waals surface area contributed by atoms with Crippen LogP contribution in [0.1, 0.15) is 25.8 Å². The normalized spacial score (nSPS) is 16.9. The largest absolute Gasteiger partial charge is 0.447 e. The number of aromatic nitrogens is 2. The van der Waals surface area contributed by atoms with Crippen LogP contribution < -0.4 is 10.6 Å². The highest BCUT2D eigenvalue weighted by Gasteiger charge is 2.36. The molecule has 13 heteroatoms. The van der Waals surface area contributed by atoms with Crippen LogP contribution in [0.4, 0.5) is 19.9 Å². The van der Waals surface area contributed by atoms with E-state index in [0.29, 0.717) is 24.2 Å². The number of benzene rings is 2. The summed E-state index contributed by atoms with van der Waals surface area (Å²) in [6, 6.07) is 12.4. The van der Waals surface area contributed by atoms with Crippen LogP contribution in [0, 0.1) is 5.82 Å². The minimum atomic E-state index is -0.829. The van der Waals surface area contributed by atoms with E-state index in [9.17, 15) is 14.0 Å². The molecule has 1 fully saturated rings. The number of carbonyl (C=O) groups is 2. The second-order valence-electron chi connectivity index (χ2n) is 9.34. The van der Waals surface area contributed by atoms with E-state index in [2.05, 4.69) is 20.8 Å². The van der Waals surface area contributed by atoms with E-state index in [-0.39, 0.29) is 36.1 Å². The summed E-state index contributed by atoms with van der Waals surface area (Å²) in [6.07, 6.45) is -0.846. The van der Waals surface area contributed by atoms with Crippen molar-refractivity contribution in [1.29, 1.82) is 0 Å². The SMILES string of the molecule is CN(C(=O)NCc1cccc(F)c1Cl)[C@H](COC(=O)Nc1noc(-c2ccccc2)n1)C[C@@H]1COC(C)(C)O1. The zero-order valence-electron chi connectivity index (χ0n) is 21.6. The van der Waals surface area contributed by atoms with Gasteiger partial charge >= 0.3 is 12.1 Å². The number of carbonyl (C=O) groups excluding carboxylic acids is 2. The van der Waals surface area contributed by atoms with E-state index in [1.54, 1.807) is 39.1 Å². The lowest BCUT2D eigenvalue weighted by Crippen LogP contribution is -2.47. The molecule has 2 heterocycles. The minimum absolute atomic E-state index is 0.00543. The Morgan fingerprint density at radius 3 is 2.72 bits per heavy atom. The van der Waals surface area contributed by atoms with Crippen molar-refractivity contribution in [3.05, 3.63) is 64.9 Å². The van der Waals surface area contributed by atoms with Gasteiger partial charge in [0.1, 0.15) is 12.4 Å². The summed E-state index contributed by atoms with van der Waals surface area (Å²) in [5, 5.41) is 8.81. The number of urea groups is 1. The number of nitrogens with one attached hydrogen (secondary N) is 2. The fourth-order valence-corrected chi connectivity index (χ4v) is 4.13. The van der Waals surface area contributed by atoms with E-state index in [1.807, 2.05) is 18.2 Å². The third kappa shape index (κ3) is 7.65. The van der Waals surface area contributed by atoms with Crippen LogP contribution in [0.15, 0.2) is 53.1 Å². The van der Waals surface area contributed by atoms with Gasteiger partial charge in [-0.2, -0.15) is 4.98 Å². The molecule has 208 valence electrons. The van der Waals surface area contributed by atoms with E-state index in [4.69, 9.17) is 30.3 Å². The first-order valence-electron chi connectivity index (χ1n) is 12.2. The molecule has 0 aliphatic carbocycles. The van der Waals surface area contributed by atoms with Gasteiger partial charge in [-0.05, 0) is 49.2 Å². The zero-order valence-corrected chi connectivity index (χ0v) is 22.4. The fraction of sp³-hybridized carbons (Fsp3) is 0.385. The van der Waals surface area contributed by atoms with Gasteiger partial charge in [0.05, 0.1) is 23.8 Å². The second kappa shape index (κ2) is 12.4. The molecule has 2 atom stereocenters. The average Bonchev–Trinajstić information content (AvgIpc) is 3.52. The molecule has 1 aromatic heterocycles. The predicted octanol–water partition coefficient (Wildman–Crippen LogP) is 4.83. The van der Waals surface area contributed by atoms with Crippen molar-refractivity contribution in [2.45, 2.75) is 44.7 Å². The number of likely N-dealkylation sites (N-methyl/N-ethyl adjacent to an activating group) is 1. The Balaban J connectivity index is 1.36. The topological polar surface area (TPSA) is 128 Å². The minimum Gasteiger partial charge on any atom is -0.447 e. The first kappa shape index (κ1) is 28.3. The summed E-state index contributed by atoms with van der Waals surface area (Å²) < 4.78 is 35.8. The van der Waals surface area contributed by atoms with Crippen LogP contribution in [0.5, 0.6) is 0 Å². The van der Waals surface area contributed by atoms with Gasteiger partial charge < -0.3 is 29.0 Å². The maximum atomic E-state index is 13.8. The van der Waals surface area contributed by atoms with E-state index in [1.165, 1.54) is 17.0 Å². The lowest BCUT2D eigenvalue weighted by atomic mass is 10.1. The van der Waals surface area contributed by atoms with Crippen molar-refractivity contribution in [3.8, 4) is 11.5 Å². The summed E-state index contributed by atoms with van der Waals surface area (Å²) >= 11 is 5.99. The maximum Gasteiger partial charge on any atom is 0.414 e. The van der Waals surface area contributed by atoms with Crippen LogP contribution in [0.2, 0.25) is 5.02 Å². The highest BCUT2D eigenvalue weighted by atomic mass is 35.5. The van der Waals surface area contributed by atoms with Gasteiger partial charge in [0.25, 0.3) is 11.8 Å². The third-order valence-corrected chi connectivity index (χ3v) is 6.42. The van der Waals surface area contributed by atoms with Crippen molar-refractivity contribution in [2.75, 3.05) is 25.6 Å². The van der Waals surface area contributed by atoms with E-state index >= 15 is 0 Å². The molecular weight excluding hydrogens is 533 g/mol. The molecule has 0 spiro atoms. The molecule has 0 unspecified atom stereocenters. The molecule has 3 amide bonds. The third-order valence-electron chi connectivity index (χ3n) is 6.00. The Morgan fingerprint density at radius 2 is 2.00 bits per heavy atom. The maximum absolute atomic E-state index is 13.8. The predicted molar refractivity (Wildman–Crippen MR) is 139 cm³/mol. The molecule has 1 aliphatic heterocycles. The summed E-state index contributed by atoms with van der Waals surface area (Å²) in [7, 11) is 1.56. The number of rotatable bonds is 9. The van der Waals surface area contributed by atoms with Crippen molar-refractivity contribution < 1.29 is 32.7 Å².